The normalized spacial score (nSPS) is 15.1. The number of hydrogen-bond donors (Lipinski definition) is 2. The molecular formula is C19H26O5. The molecule has 1 rings (SSSR count). The highest BCUT2D eigenvalue weighted by molar-refractivity contribution is 5.78. The van der Waals surface area contributed by atoms with E-state index in [1.165, 1.54) is 13.8 Å². The van der Waals surface area contributed by atoms with Crippen LogP contribution in [0, 0.1) is 5.92 Å². The van der Waals surface area contributed by atoms with Crippen LogP contribution in [0.25, 0.3) is 6.08 Å². The third-order valence-corrected chi connectivity index (χ3v) is 4.15. The molecule has 0 unspecified atom stereocenters. The molecule has 0 amide bonds. The molecule has 132 valence electrons. The Balaban J connectivity index is 3.13. The first kappa shape index (κ1) is 20.1. The summed E-state index contributed by atoms with van der Waals surface area (Å²) >= 11 is 0. The van der Waals surface area contributed by atoms with E-state index >= 15 is 0 Å². The predicted octanol–water partition coefficient (Wildman–Crippen LogP) is 2.44. The van der Waals surface area contributed by atoms with E-state index in [0.717, 1.165) is 16.7 Å². The lowest BCUT2D eigenvalue weighted by Gasteiger charge is -2.25. The fourth-order valence-electron chi connectivity index (χ4n) is 2.50. The third kappa shape index (κ3) is 5.58. The van der Waals surface area contributed by atoms with Gasteiger partial charge >= 0.3 is 5.97 Å². The number of ketones is 1. The van der Waals surface area contributed by atoms with E-state index in [0.29, 0.717) is 0 Å². The van der Waals surface area contributed by atoms with Crippen LogP contribution in [0.3, 0.4) is 0 Å². The highest BCUT2D eigenvalue weighted by atomic mass is 16.5. The number of ether oxygens (including phenoxy) is 1. The SMILES string of the molecule is CC(=O)OCc1ccc([C@H](C)[C@@H](O)[C@H](C)C(C)=O)c(/C=C/CO)c1. The number of aliphatic hydroxyl groups is 2. The molecule has 0 spiro atoms. The molecule has 24 heavy (non-hydrogen) atoms. The summed E-state index contributed by atoms with van der Waals surface area (Å²) in [5.74, 6) is -1.14. The van der Waals surface area contributed by atoms with E-state index in [1.807, 2.05) is 25.1 Å². The minimum absolute atomic E-state index is 0.0618. The van der Waals surface area contributed by atoms with E-state index in [9.17, 15) is 14.7 Å². The van der Waals surface area contributed by atoms with Gasteiger partial charge in [0, 0.05) is 18.8 Å². The highest BCUT2D eigenvalue weighted by Gasteiger charge is 2.26. The molecule has 0 aliphatic rings. The average Bonchev–Trinajstić information content (AvgIpc) is 2.55. The molecule has 0 aromatic heterocycles. The topological polar surface area (TPSA) is 83.8 Å². The molecule has 5 heteroatoms. The lowest BCUT2D eigenvalue weighted by molar-refractivity contribution is -0.142. The van der Waals surface area contributed by atoms with Gasteiger partial charge in [-0.15, -0.1) is 0 Å². The summed E-state index contributed by atoms with van der Waals surface area (Å²) in [6.07, 6.45) is 2.55. The Labute approximate surface area is 143 Å². The second-order valence-electron chi connectivity index (χ2n) is 6.01. The van der Waals surface area contributed by atoms with E-state index in [-0.39, 0.29) is 30.9 Å². The van der Waals surface area contributed by atoms with Crippen molar-refractivity contribution < 1.29 is 24.5 Å². The maximum absolute atomic E-state index is 11.5. The molecule has 5 nitrogen and oxygen atoms in total. The van der Waals surface area contributed by atoms with Gasteiger partial charge in [0.15, 0.2) is 0 Å². The van der Waals surface area contributed by atoms with Crippen LogP contribution in [-0.4, -0.2) is 34.7 Å². The van der Waals surface area contributed by atoms with Crippen LogP contribution in [0.5, 0.6) is 0 Å². The second kappa shape index (κ2) is 9.35. The lowest BCUT2D eigenvalue weighted by Crippen LogP contribution is -2.29. The van der Waals surface area contributed by atoms with Crippen LogP contribution >= 0.6 is 0 Å². The summed E-state index contributed by atoms with van der Waals surface area (Å²) in [7, 11) is 0. The first-order chi connectivity index (χ1) is 11.3. The molecule has 2 N–H and O–H groups in total. The summed E-state index contributed by atoms with van der Waals surface area (Å²) in [6, 6.07) is 5.54. The average molecular weight is 334 g/mol. The van der Waals surface area contributed by atoms with E-state index in [1.54, 1.807) is 19.1 Å². The van der Waals surface area contributed by atoms with Crippen molar-refractivity contribution in [3.63, 3.8) is 0 Å². The van der Waals surface area contributed by atoms with Gasteiger partial charge in [-0.25, -0.2) is 0 Å². The van der Waals surface area contributed by atoms with Gasteiger partial charge in [-0.05, 0) is 29.7 Å². The molecule has 0 saturated carbocycles. The first-order valence-electron chi connectivity index (χ1n) is 8.00. The highest BCUT2D eigenvalue weighted by Crippen LogP contribution is 2.29. The van der Waals surface area contributed by atoms with Crippen LogP contribution in [0.1, 0.15) is 50.3 Å². The Morgan fingerprint density at radius 3 is 2.46 bits per heavy atom. The number of benzene rings is 1. The van der Waals surface area contributed by atoms with Crippen LogP contribution < -0.4 is 0 Å². The summed E-state index contributed by atoms with van der Waals surface area (Å²) < 4.78 is 5.00. The molecule has 0 aliphatic carbocycles. The van der Waals surface area contributed by atoms with Crippen molar-refractivity contribution in [1.82, 2.24) is 0 Å². The van der Waals surface area contributed by atoms with Gasteiger partial charge in [0.25, 0.3) is 0 Å². The molecule has 0 bridgehead atoms. The minimum atomic E-state index is -0.803. The van der Waals surface area contributed by atoms with Crippen molar-refractivity contribution in [1.29, 1.82) is 0 Å². The summed E-state index contributed by atoms with van der Waals surface area (Å²) in [4.78, 5) is 22.5. The fourth-order valence-corrected chi connectivity index (χ4v) is 2.50. The molecule has 0 aliphatic heterocycles. The standard InChI is InChI=1S/C19H26O5/c1-12(14(3)21)19(23)13(2)18-8-7-16(11-24-15(4)22)10-17(18)6-5-9-20/h5-8,10,12-13,19-20,23H,9,11H2,1-4H3/b6-5+/t12-,13+,19+/m1/s1. The van der Waals surface area contributed by atoms with Crippen LogP contribution in [0.15, 0.2) is 24.3 Å². The number of rotatable bonds is 8. The molecule has 0 heterocycles. The van der Waals surface area contributed by atoms with Crippen molar-refractivity contribution in [3.05, 3.63) is 41.0 Å². The smallest absolute Gasteiger partial charge is 0.302 e. The number of aliphatic hydroxyl groups excluding tert-OH is 2. The molecule has 3 atom stereocenters. The Bertz CT molecular complexity index is 606. The summed E-state index contributed by atoms with van der Waals surface area (Å²) in [5, 5.41) is 19.5. The number of carbonyl (C=O) groups is 2. The van der Waals surface area contributed by atoms with Crippen LogP contribution in [0.2, 0.25) is 0 Å². The van der Waals surface area contributed by atoms with E-state index in [2.05, 4.69) is 0 Å². The maximum atomic E-state index is 11.5. The molecule has 0 saturated heterocycles. The van der Waals surface area contributed by atoms with Crippen LogP contribution in [-0.2, 0) is 20.9 Å². The van der Waals surface area contributed by atoms with E-state index in [4.69, 9.17) is 9.84 Å². The first-order valence-corrected chi connectivity index (χ1v) is 8.00. The summed E-state index contributed by atoms with van der Waals surface area (Å²) in [5.41, 5.74) is 2.50. The summed E-state index contributed by atoms with van der Waals surface area (Å²) in [6.45, 7) is 6.45. The van der Waals surface area contributed by atoms with Gasteiger partial charge in [-0.2, -0.15) is 0 Å². The third-order valence-electron chi connectivity index (χ3n) is 4.15. The quantitative estimate of drug-likeness (QED) is 0.714. The van der Waals surface area contributed by atoms with Crippen molar-refractivity contribution >= 4 is 17.8 Å². The number of carbonyl (C=O) groups excluding carboxylic acids is 2. The molecule has 0 radical (unpaired) electrons. The van der Waals surface area contributed by atoms with Crippen molar-refractivity contribution in [2.24, 2.45) is 5.92 Å². The Morgan fingerprint density at radius 1 is 1.25 bits per heavy atom. The van der Waals surface area contributed by atoms with Gasteiger partial charge in [0.05, 0.1) is 12.7 Å². The number of esters is 1. The van der Waals surface area contributed by atoms with Crippen LogP contribution in [0.4, 0.5) is 0 Å². The Morgan fingerprint density at radius 2 is 1.92 bits per heavy atom. The minimum Gasteiger partial charge on any atom is -0.461 e. The van der Waals surface area contributed by atoms with Gasteiger partial charge in [0.1, 0.15) is 12.4 Å². The zero-order valence-electron chi connectivity index (χ0n) is 14.7. The van der Waals surface area contributed by atoms with E-state index < -0.39 is 12.0 Å². The van der Waals surface area contributed by atoms with Gasteiger partial charge in [-0.1, -0.05) is 38.1 Å². The van der Waals surface area contributed by atoms with Gasteiger partial charge in [-0.3, -0.25) is 9.59 Å². The molecule has 1 aromatic rings. The number of Topliss-reactive ketones (excluding diaryl/α,β-unsaturated/α-hetero) is 1. The lowest BCUT2D eigenvalue weighted by atomic mass is 9.83. The number of hydrogen-bond acceptors (Lipinski definition) is 5. The molecular weight excluding hydrogens is 308 g/mol. The zero-order valence-corrected chi connectivity index (χ0v) is 14.7. The van der Waals surface area contributed by atoms with Crippen molar-refractivity contribution in [2.45, 2.75) is 46.3 Å². The second-order valence-corrected chi connectivity index (χ2v) is 6.01. The maximum Gasteiger partial charge on any atom is 0.302 e. The Hall–Kier alpha value is -1.98. The monoisotopic (exact) mass is 334 g/mol. The van der Waals surface area contributed by atoms with Crippen molar-refractivity contribution in [3.8, 4) is 0 Å². The zero-order chi connectivity index (χ0) is 18.3. The van der Waals surface area contributed by atoms with Crippen molar-refractivity contribution in [2.75, 3.05) is 6.61 Å². The Kier molecular flexibility index (Phi) is 7.82. The largest absolute Gasteiger partial charge is 0.461 e. The molecule has 0 fully saturated rings. The van der Waals surface area contributed by atoms with Gasteiger partial charge in [0.2, 0.25) is 0 Å². The fraction of sp³-hybridized carbons (Fsp3) is 0.474. The van der Waals surface area contributed by atoms with Gasteiger partial charge < -0.3 is 14.9 Å². The predicted molar refractivity (Wildman–Crippen MR) is 92.3 cm³/mol. The molecule has 1 aromatic carbocycles.